The molecule has 0 bridgehead atoms. The zero-order valence-corrected chi connectivity index (χ0v) is 14.6. The molecule has 0 spiro atoms. The molecule has 0 amide bonds. The van der Waals surface area contributed by atoms with E-state index in [4.69, 9.17) is 20.0 Å². The van der Waals surface area contributed by atoms with Gasteiger partial charge in [0.1, 0.15) is 11.8 Å². The molecule has 0 fully saturated rings. The second kappa shape index (κ2) is 12.3. The highest BCUT2D eigenvalue weighted by molar-refractivity contribution is 5.34. The van der Waals surface area contributed by atoms with Gasteiger partial charge in [0.25, 0.3) is 0 Å². The number of ether oxygens (including phenoxy) is 2. The summed E-state index contributed by atoms with van der Waals surface area (Å²) in [5.74, 6) is 1.48. The zero-order chi connectivity index (χ0) is 18.3. The lowest BCUT2D eigenvalue weighted by Gasteiger charge is -2.07. The van der Waals surface area contributed by atoms with Crippen molar-refractivity contribution in [3.05, 3.63) is 48.0 Å². The minimum Gasteiger partial charge on any atom is -0.494 e. The van der Waals surface area contributed by atoms with Gasteiger partial charge in [-0.25, -0.2) is 9.97 Å². The fraction of sp³-hybridized carbons (Fsp3) is 0.368. The summed E-state index contributed by atoms with van der Waals surface area (Å²) in [6.07, 6.45) is 5.80. The van der Waals surface area contributed by atoms with E-state index in [9.17, 15) is 0 Å². The Balaban J connectivity index is 0.00000151. The highest BCUT2D eigenvalue weighted by Gasteiger charge is 1.98. The predicted octanol–water partition coefficient (Wildman–Crippen LogP) is 3.87. The molecule has 25 heavy (non-hydrogen) atoms. The van der Waals surface area contributed by atoms with Crippen LogP contribution in [0, 0.1) is 22.7 Å². The average Bonchev–Trinajstić information content (AvgIpc) is 2.69. The summed E-state index contributed by atoms with van der Waals surface area (Å²) < 4.78 is 11.1. The van der Waals surface area contributed by atoms with Crippen molar-refractivity contribution in [3.8, 4) is 23.6 Å². The zero-order valence-electron chi connectivity index (χ0n) is 14.6. The Morgan fingerprint density at radius 2 is 1.36 bits per heavy atom. The largest absolute Gasteiger partial charge is 0.494 e. The maximum absolute atomic E-state index is 8.71. The SMILES string of the molecule is CC.N#Cc1ccc(OCCCCCOc2cnc(C#N)nc2)cc1. The first-order valence-corrected chi connectivity index (χ1v) is 8.30. The van der Waals surface area contributed by atoms with E-state index < -0.39 is 0 Å². The molecule has 0 aliphatic rings. The van der Waals surface area contributed by atoms with Gasteiger partial charge in [0.05, 0.1) is 37.2 Å². The molecule has 6 nitrogen and oxygen atoms in total. The summed E-state index contributed by atoms with van der Waals surface area (Å²) in [6, 6.07) is 11.0. The van der Waals surface area contributed by atoms with Gasteiger partial charge >= 0.3 is 0 Å². The lowest BCUT2D eigenvalue weighted by molar-refractivity contribution is 0.278. The number of rotatable bonds is 8. The fourth-order valence-electron chi connectivity index (χ4n) is 1.84. The van der Waals surface area contributed by atoms with Crippen molar-refractivity contribution < 1.29 is 9.47 Å². The van der Waals surface area contributed by atoms with Crippen LogP contribution in [0.15, 0.2) is 36.7 Å². The van der Waals surface area contributed by atoms with Crippen LogP contribution in [0.5, 0.6) is 11.5 Å². The summed E-state index contributed by atoms with van der Waals surface area (Å²) in [4.78, 5) is 7.67. The maximum Gasteiger partial charge on any atom is 0.232 e. The molecule has 0 N–H and O–H groups in total. The molecule has 130 valence electrons. The van der Waals surface area contributed by atoms with Crippen LogP contribution in [0.4, 0.5) is 0 Å². The van der Waals surface area contributed by atoms with Crippen molar-refractivity contribution >= 4 is 0 Å². The standard InChI is InChI=1S/C17H16N4O2.C2H6/c18-10-14-4-6-15(7-5-14)22-8-2-1-3-9-23-16-12-20-17(11-19)21-13-16;1-2/h4-7,12-13H,1-3,8-9H2;1-2H3. The first kappa shape index (κ1) is 19.9. The summed E-state index contributed by atoms with van der Waals surface area (Å²) in [5.41, 5.74) is 0.626. The van der Waals surface area contributed by atoms with Gasteiger partial charge in [0.15, 0.2) is 5.75 Å². The van der Waals surface area contributed by atoms with Crippen molar-refractivity contribution in [2.75, 3.05) is 13.2 Å². The molecule has 2 rings (SSSR count). The number of nitriles is 2. The van der Waals surface area contributed by atoms with Crippen LogP contribution in [-0.4, -0.2) is 23.2 Å². The van der Waals surface area contributed by atoms with E-state index in [0.29, 0.717) is 24.5 Å². The second-order valence-electron chi connectivity index (χ2n) is 4.75. The Hall–Kier alpha value is -3.12. The van der Waals surface area contributed by atoms with Gasteiger partial charge in [-0.1, -0.05) is 13.8 Å². The van der Waals surface area contributed by atoms with E-state index >= 15 is 0 Å². The topological polar surface area (TPSA) is 91.8 Å². The van der Waals surface area contributed by atoms with E-state index in [2.05, 4.69) is 16.0 Å². The van der Waals surface area contributed by atoms with Crippen molar-refractivity contribution in [2.24, 2.45) is 0 Å². The van der Waals surface area contributed by atoms with Gasteiger partial charge in [-0.3, -0.25) is 0 Å². The molecule has 0 atom stereocenters. The molecule has 0 radical (unpaired) electrons. The van der Waals surface area contributed by atoms with Crippen molar-refractivity contribution in [1.29, 1.82) is 10.5 Å². The first-order valence-electron chi connectivity index (χ1n) is 8.30. The molecule has 0 aliphatic carbocycles. The molecule has 2 aromatic rings. The summed E-state index contributed by atoms with van der Waals surface area (Å²) in [5, 5.41) is 17.3. The normalized spacial score (nSPS) is 9.12. The highest BCUT2D eigenvalue weighted by Crippen LogP contribution is 2.12. The second-order valence-corrected chi connectivity index (χ2v) is 4.75. The van der Waals surface area contributed by atoms with Crippen LogP contribution in [0.3, 0.4) is 0 Å². The van der Waals surface area contributed by atoms with Gasteiger partial charge < -0.3 is 9.47 Å². The van der Waals surface area contributed by atoms with Gasteiger partial charge in [-0.05, 0) is 43.5 Å². The fourth-order valence-corrected chi connectivity index (χ4v) is 1.84. The molecule has 1 aromatic heterocycles. The maximum atomic E-state index is 8.71. The van der Waals surface area contributed by atoms with E-state index in [-0.39, 0.29) is 5.82 Å². The first-order chi connectivity index (χ1) is 12.3. The Labute approximate surface area is 148 Å². The molecule has 0 saturated heterocycles. The summed E-state index contributed by atoms with van der Waals surface area (Å²) in [7, 11) is 0. The molecule has 0 unspecified atom stereocenters. The van der Waals surface area contributed by atoms with Gasteiger partial charge in [-0.2, -0.15) is 10.5 Å². The van der Waals surface area contributed by atoms with Crippen LogP contribution in [0.2, 0.25) is 0 Å². The minimum atomic E-state index is 0.136. The highest BCUT2D eigenvalue weighted by atomic mass is 16.5. The van der Waals surface area contributed by atoms with E-state index in [1.54, 1.807) is 24.3 Å². The molecule has 1 heterocycles. The van der Waals surface area contributed by atoms with Crippen molar-refractivity contribution in [1.82, 2.24) is 9.97 Å². The molecular formula is C19H22N4O2. The number of nitrogens with zero attached hydrogens (tertiary/aromatic N) is 4. The molecule has 0 saturated carbocycles. The van der Waals surface area contributed by atoms with Crippen LogP contribution >= 0.6 is 0 Å². The lowest BCUT2D eigenvalue weighted by Crippen LogP contribution is -2.01. The Bertz CT molecular complexity index is 624. The Kier molecular flexibility index (Phi) is 9.82. The van der Waals surface area contributed by atoms with Crippen molar-refractivity contribution in [3.63, 3.8) is 0 Å². The summed E-state index contributed by atoms with van der Waals surface area (Å²) >= 11 is 0. The third-order valence-corrected chi connectivity index (χ3v) is 3.04. The third-order valence-electron chi connectivity index (χ3n) is 3.04. The van der Waals surface area contributed by atoms with Crippen LogP contribution < -0.4 is 9.47 Å². The third kappa shape index (κ3) is 7.81. The molecular weight excluding hydrogens is 316 g/mol. The number of hydrogen-bond donors (Lipinski definition) is 0. The van der Waals surface area contributed by atoms with Crippen LogP contribution in [-0.2, 0) is 0 Å². The average molecular weight is 338 g/mol. The Morgan fingerprint density at radius 1 is 0.800 bits per heavy atom. The smallest absolute Gasteiger partial charge is 0.232 e. The monoisotopic (exact) mass is 338 g/mol. The van der Waals surface area contributed by atoms with Crippen LogP contribution in [0.1, 0.15) is 44.5 Å². The van der Waals surface area contributed by atoms with Gasteiger partial charge in [0.2, 0.25) is 5.82 Å². The van der Waals surface area contributed by atoms with E-state index in [1.165, 1.54) is 12.4 Å². The van der Waals surface area contributed by atoms with E-state index in [0.717, 1.165) is 25.0 Å². The van der Waals surface area contributed by atoms with Gasteiger partial charge in [-0.15, -0.1) is 0 Å². The Morgan fingerprint density at radius 3 is 1.88 bits per heavy atom. The van der Waals surface area contributed by atoms with Crippen molar-refractivity contribution in [2.45, 2.75) is 33.1 Å². The number of hydrogen-bond acceptors (Lipinski definition) is 6. The summed E-state index contributed by atoms with van der Waals surface area (Å²) in [6.45, 7) is 5.21. The molecule has 0 aliphatic heterocycles. The quantitative estimate of drug-likeness (QED) is 0.678. The molecule has 6 heteroatoms. The number of aromatic nitrogens is 2. The number of benzene rings is 1. The van der Waals surface area contributed by atoms with E-state index in [1.807, 2.05) is 19.9 Å². The predicted molar refractivity (Wildman–Crippen MR) is 94.1 cm³/mol. The number of unbranched alkanes of at least 4 members (excludes halogenated alkanes) is 2. The van der Waals surface area contributed by atoms with Crippen LogP contribution in [0.25, 0.3) is 0 Å². The minimum absolute atomic E-state index is 0.136. The molecule has 1 aromatic carbocycles. The lowest BCUT2D eigenvalue weighted by atomic mass is 10.2. The van der Waals surface area contributed by atoms with Gasteiger partial charge in [0, 0.05) is 0 Å².